The van der Waals surface area contributed by atoms with Crippen molar-refractivity contribution < 1.29 is 4.79 Å². The Labute approximate surface area is 116 Å². The van der Waals surface area contributed by atoms with E-state index in [1.807, 2.05) is 0 Å². The maximum absolute atomic E-state index is 12.4. The smallest absolute Gasteiger partial charge is 0.236 e. The molecule has 0 aromatic rings. The summed E-state index contributed by atoms with van der Waals surface area (Å²) in [4.78, 5) is 14.6. The lowest BCUT2D eigenvalue weighted by Gasteiger charge is -2.60. The largest absolute Gasteiger partial charge is 0.336 e. The fourth-order valence-corrected chi connectivity index (χ4v) is 5.43. The lowest BCUT2D eigenvalue weighted by Crippen LogP contribution is -2.63. The van der Waals surface area contributed by atoms with Crippen LogP contribution in [-0.2, 0) is 4.79 Å². The van der Waals surface area contributed by atoms with Gasteiger partial charge in [-0.05, 0) is 62.2 Å². The summed E-state index contributed by atoms with van der Waals surface area (Å²) in [5.41, 5.74) is 5.85. The fourth-order valence-electron chi connectivity index (χ4n) is 5.43. The molecule has 0 unspecified atom stereocenters. The molecule has 108 valence electrons. The van der Waals surface area contributed by atoms with Crippen LogP contribution in [0.3, 0.4) is 0 Å². The van der Waals surface area contributed by atoms with E-state index in [9.17, 15) is 4.79 Å². The highest BCUT2D eigenvalue weighted by Gasteiger charge is 2.54. The monoisotopic (exact) mass is 264 g/mol. The topological polar surface area (TPSA) is 46.3 Å². The van der Waals surface area contributed by atoms with E-state index in [2.05, 4.69) is 18.7 Å². The summed E-state index contributed by atoms with van der Waals surface area (Å²) in [7, 11) is 0. The molecule has 3 nitrogen and oxygen atoms in total. The van der Waals surface area contributed by atoms with Crippen LogP contribution in [-0.4, -0.2) is 29.4 Å². The van der Waals surface area contributed by atoms with Crippen LogP contribution in [0.5, 0.6) is 0 Å². The van der Waals surface area contributed by atoms with E-state index >= 15 is 0 Å². The van der Waals surface area contributed by atoms with E-state index in [-0.39, 0.29) is 18.0 Å². The number of carbonyl (C=O) groups is 1. The third kappa shape index (κ3) is 2.31. The number of rotatable bonds is 4. The molecule has 0 spiro atoms. The Morgan fingerprint density at radius 3 is 2.00 bits per heavy atom. The molecule has 4 saturated carbocycles. The molecule has 0 radical (unpaired) electrons. The van der Waals surface area contributed by atoms with Crippen molar-refractivity contribution in [2.75, 3.05) is 13.1 Å². The van der Waals surface area contributed by atoms with Crippen LogP contribution in [0.15, 0.2) is 0 Å². The number of hydrogen-bond acceptors (Lipinski definition) is 2. The molecular weight excluding hydrogens is 236 g/mol. The van der Waals surface area contributed by atoms with Crippen LogP contribution in [0, 0.1) is 23.7 Å². The van der Waals surface area contributed by atoms with Gasteiger partial charge in [0.15, 0.2) is 0 Å². The lowest BCUT2D eigenvalue weighted by atomic mass is 9.52. The number of amides is 1. The van der Waals surface area contributed by atoms with Gasteiger partial charge in [-0.15, -0.1) is 0 Å². The van der Waals surface area contributed by atoms with Gasteiger partial charge in [0.05, 0.1) is 6.54 Å². The number of nitrogens with two attached hydrogens (primary N) is 1. The molecule has 19 heavy (non-hydrogen) atoms. The molecule has 2 N–H and O–H groups in total. The minimum absolute atomic E-state index is 0.175. The number of hydrogen-bond donors (Lipinski definition) is 1. The maximum Gasteiger partial charge on any atom is 0.236 e. The van der Waals surface area contributed by atoms with E-state index in [1.54, 1.807) is 0 Å². The first-order valence-corrected chi connectivity index (χ1v) is 8.03. The summed E-state index contributed by atoms with van der Waals surface area (Å²) >= 11 is 0. The summed E-state index contributed by atoms with van der Waals surface area (Å²) in [6.45, 7) is 5.48. The molecule has 0 aromatic heterocycles. The van der Waals surface area contributed by atoms with Gasteiger partial charge in [-0.2, -0.15) is 0 Å². The third-order valence-corrected chi connectivity index (χ3v) is 5.60. The Kier molecular flexibility index (Phi) is 3.36. The lowest BCUT2D eigenvalue weighted by molar-refractivity contribution is -0.150. The molecule has 4 aliphatic rings. The van der Waals surface area contributed by atoms with E-state index in [0.29, 0.717) is 5.92 Å². The third-order valence-electron chi connectivity index (χ3n) is 5.60. The second kappa shape index (κ2) is 4.76. The first kappa shape index (κ1) is 13.4. The van der Waals surface area contributed by atoms with Crippen LogP contribution >= 0.6 is 0 Å². The summed E-state index contributed by atoms with van der Waals surface area (Å²) in [5.74, 6) is 3.35. The van der Waals surface area contributed by atoms with E-state index in [0.717, 1.165) is 24.3 Å². The molecule has 0 aliphatic heterocycles. The van der Waals surface area contributed by atoms with Crippen molar-refractivity contribution in [1.29, 1.82) is 0 Å². The van der Waals surface area contributed by atoms with Crippen molar-refractivity contribution in [3.05, 3.63) is 0 Å². The quantitative estimate of drug-likeness (QED) is 0.847. The normalized spacial score (nSPS) is 39.9. The molecule has 1 amide bonds. The average molecular weight is 264 g/mol. The Morgan fingerprint density at radius 2 is 1.63 bits per heavy atom. The van der Waals surface area contributed by atoms with Crippen molar-refractivity contribution in [3.8, 4) is 0 Å². The molecule has 4 rings (SSSR count). The SMILES string of the molecule is CC(C)CN(C(=O)CN)C12CC3CC(CC(C3)C1)C2. The van der Waals surface area contributed by atoms with Gasteiger partial charge in [-0.3, -0.25) is 4.79 Å². The van der Waals surface area contributed by atoms with Gasteiger partial charge in [0.1, 0.15) is 0 Å². The van der Waals surface area contributed by atoms with Crippen LogP contribution in [0.25, 0.3) is 0 Å². The molecule has 3 heteroatoms. The zero-order valence-electron chi connectivity index (χ0n) is 12.4. The van der Waals surface area contributed by atoms with Gasteiger partial charge in [-0.1, -0.05) is 13.8 Å². The molecule has 4 fully saturated rings. The average Bonchev–Trinajstić information content (AvgIpc) is 2.33. The zero-order chi connectivity index (χ0) is 13.6. The predicted molar refractivity (Wildman–Crippen MR) is 76.5 cm³/mol. The molecule has 0 aromatic carbocycles. The Hall–Kier alpha value is -0.570. The van der Waals surface area contributed by atoms with Crippen LogP contribution in [0.1, 0.15) is 52.4 Å². The van der Waals surface area contributed by atoms with E-state index in [4.69, 9.17) is 5.73 Å². The van der Waals surface area contributed by atoms with Crippen LogP contribution in [0.4, 0.5) is 0 Å². The highest BCUT2D eigenvalue weighted by molar-refractivity contribution is 5.79. The molecular formula is C16H28N2O. The summed E-state index contributed by atoms with van der Waals surface area (Å²) in [6.07, 6.45) is 8.01. The first-order chi connectivity index (χ1) is 9.02. The van der Waals surface area contributed by atoms with Gasteiger partial charge < -0.3 is 10.6 Å². The van der Waals surface area contributed by atoms with Crippen LogP contribution < -0.4 is 5.73 Å². The van der Waals surface area contributed by atoms with Gasteiger partial charge >= 0.3 is 0 Å². The van der Waals surface area contributed by atoms with Crippen LogP contribution in [0.2, 0.25) is 0 Å². The van der Waals surface area contributed by atoms with Gasteiger partial charge in [-0.25, -0.2) is 0 Å². The Bertz CT molecular complexity index is 328. The van der Waals surface area contributed by atoms with Crippen molar-refractivity contribution in [2.45, 2.75) is 57.9 Å². The molecule has 4 aliphatic carbocycles. The van der Waals surface area contributed by atoms with Gasteiger partial charge in [0, 0.05) is 12.1 Å². The molecule has 0 atom stereocenters. The summed E-state index contributed by atoms with van der Waals surface area (Å²) in [5, 5.41) is 0. The molecule has 4 bridgehead atoms. The number of nitrogens with zero attached hydrogens (tertiary/aromatic N) is 1. The minimum atomic E-state index is 0.175. The predicted octanol–water partition coefficient (Wildman–Crippen LogP) is 2.40. The molecule has 0 saturated heterocycles. The van der Waals surface area contributed by atoms with Crippen molar-refractivity contribution in [2.24, 2.45) is 29.4 Å². The summed E-state index contributed by atoms with van der Waals surface area (Å²) < 4.78 is 0. The molecule has 0 heterocycles. The highest BCUT2D eigenvalue weighted by Crippen LogP contribution is 2.57. The van der Waals surface area contributed by atoms with Gasteiger partial charge in [0.2, 0.25) is 5.91 Å². The first-order valence-electron chi connectivity index (χ1n) is 8.03. The second-order valence-electron chi connectivity index (χ2n) is 7.74. The van der Waals surface area contributed by atoms with Crippen molar-refractivity contribution in [3.63, 3.8) is 0 Å². The summed E-state index contributed by atoms with van der Waals surface area (Å²) in [6, 6.07) is 0. The maximum atomic E-state index is 12.4. The second-order valence-corrected chi connectivity index (χ2v) is 7.74. The van der Waals surface area contributed by atoms with E-state index < -0.39 is 0 Å². The standard InChI is InChI=1S/C16H28N2O/c1-11(2)10-18(15(19)9-17)16-6-12-3-13(7-16)5-14(4-12)8-16/h11-14H,3-10,17H2,1-2H3. The minimum Gasteiger partial charge on any atom is -0.336 e. The Balaban J connectivity index is 1.86. The fraction of sp³-hybridized carbons (Fsp3) is 0.938. The number of carbonyl (C=O) groups excluding carboxylic acids is 1. The zero-order valence-corrected chi connectivity index (χ0v) is 12.4. The van der Waals surface area contributed by atoms with Crippen molar-refractivity contribution >= 4 is 5.91 Å². The Morgan fingerprint density at radius 1 is 1.16 bits per heavy atom. The van der Waals surface area contributed by atoms with Crippen molar-refractivity contribution in [1.82, 2.24) is 4.90 Å². The van der Waals surface area contributed by atoms with Gasteiger partial charge in [0.25, 0.3) is 0 Å². The highest BCUT2D eigenvalue weighted by atomic mass is 16.2. The van der Waals surface area contributed by atoms with E-state index in [1.165, 1.54) is 38.5 Å².